The number of thioether (sulfide) groups is 1. The van der Waals surface area contributed by atoms with Crippen LogP contribution in [0.4, 0.5) is 0 Å². The molecule has 0 N–H and O–H groups in total. The SMILES string of the molecule is CC/C(C)=C(\S/C=C(\C)C(=O)OC/C=C(\C)CCC=C(C)C)c1cnn2cccnc12. The lowest BCUT2D eigenvalue weighted by Crippen LogP contribution is -2.05. The Hall–Kier alpha value is -2.60. The van der Waals surface area contributed by atoms with E-state index < -0.39 is 0 Å². The van der Waals surface area contributed by atoms with Gasteiger partial charge in [0, 0.05) is 22.9 Å². The van der Waals surface area contributed by atoms with Gasteiger partial charge in [0.15, 0.2) is 5.65 Å². The van der Waals surface area contributed by atoms with Crippen molar-refractivity contribution in [2.45, 2.75) is 60.8 Å². The first-order chi connectivity index (χ1) is 14.8. The van der Waals surface area contributed by atoms with Crippen LogP contribution in [0.15, 0.2) is 64.5 Å². The van der Waals surface area contributed by atoms with E-state index in [2.05, 4.69) is 50.8 Å². The number of aromatic nitrogens is 3. The summed E-state index contributed by atoms with van der Waals surface area (Å²) in [7, 11) is 0. The summed E-state index contributed by atoms with van der Waals surface area (Å²) in [5, 5.41) is 6.25. The van der Waals surface area contributed by atoms with Crippen LogP contribution in [0.25, 0.3) is 10.6 Å². The molecule has 0 saturated heterocycles. The Labute approximate surface area is 190 Å². The number of allylic oxidation sites excluding steroid dienone is 4. The van der Waals surface area contributed by atoms with Crippen LogP contribution < -0.4 is 0 Å². The highest BCUT2D eigenvalue weighted by Crippen LogP contribution is 2.35. The number of carbonyl (C=O) groups excluding carboxylic acids is 1. The summed E-state index contributed by atoms with van der Waals surface area (Å²) >= 11 is 1.52. The van der Waals surface area contributed by atoms with E-state index in [1.165, 1.54) is 28.5 Å². The molecule has 2 rings (SSSR count). The number of rotatable bonds is 10. The van der Waals surface area contributed by atoms with E-state index in [9.17, 15) is 4.79 Å². The largest absolute Gasteiger partial charge is 0.458 e. The number of hydrogen-bond acceptors (Lipinski definition) is 5. The Bertz CT molecular complexity index is 1020. The average Bonchev–Trinajstić information content (AvgIpc) is 3.17. The second-order valence-electron chi connectivity index (χ2n) is 7.80. The third-order valence-corrected chi connectivity index (χ3v) is 6.13. The van der Waals surface area contributed by atoms with Gasteiger partial charge in [0.1, 0.15) is 6.61 Å². The smallest absolute Gasteiger partial charge is 0.334 e. The summed E-state index contributed by atoms with van der Waals surface area (Å²) in [4.78, 5) is 17.9. The molecule has 0 atom stereocenters. The van der Waals surface area contributed by atoms with Gasteiger partial charge in [0.05, 0.1) is 11.8 Å². The van der Waals surface area contributed by atoms with Gasteiger partial charge in [-0.05, 0) is 71.4 Å². The Balaban J connectivity index is 2.02. The molecule has 0 unspecified atom stereocenters. The van der Waals surface area contributed by atoms with E-state index in [-0.39, 0.29) is 5.97 Å². The fourth-order valence-electron chi connectivity index (χ4n) is 2.80. The minimum absolute atomic E-state index is 0.296. The van der Waals surface area contributed by atoms with Crippen LogP contribution in [-0.2, 0) is 9.53 Å². The van der Waals surface area contributed by atoms with Gasteiger partial charge in [-0.3, -0.25) is 0 Å². The fourth-order valence-corrected chi connectivity index (χ4v) is 3.81. The zero-order chi connectivity index (χ0) is 22.8. The molecule has 0 amide bonds. The molecule has 2 aromatic heterocycles. The van der Waals surface area contributed by atoms with Gasteiger partial charge in [-0.15, -0.1) is 0 Å². The maximum atomic E-state index is 12.4. The van der Waals surface area contributed by atoms with Gasteiger partial charge < -0.3 is 4.74 Å². The molecule has 0 radical (unpaired) electrons. The molecule has 2 aromatic rings. The molecule has 0 bridgehead atoms. The van der Waals surface area contributed by atoms with Crippen molar-refractivity contribution < 1.29 is 9.53 Å². The van der Waals surface area contributed by atoms with Crippen molar-refractivity contribution >= 4 is 28.3 Å². The molecule has 0 aliphatic carbocycles. The number of ether oxygens (including phenoxy) is 1. The minimum Gasteiger partial charge on any atom is -0.458 e. The lowest BCUT2D eigenvalue weighted by molar-refractivity contribution is -0.137. The van der Waals surface area contributed by atoms with Crippen molar-refractivity contribution in [3.63, 3.8) is 0 Å². The molecule has 2 heterocycles. The average molecular weight is 440 g/mol. The van der Waals surface area contributed by atoms with Crippen LogP contribution >= 0.6 is 11.8 Å². The molecule has 0 spiro atoms. The molecule has 31 heavy (non-hydrogen) atoms. The monoisotopic (exact) mass is 439 g/mol. The van der Waals surface area contributed by atoms with Crippen LogP contribution in [0.3, 0.4) is 0 Å². The minimum atomic E-state index is -0.299. The molecule has 0 fully saturated rings. The first-order valence-corrected chi connectivity index (χ1v) is 11.5. The van der Waals surface area contributed by atoms with Crippen LogP contribution in [0, 0.1) is 0 Å². The summed E-state index contributed by atoms with van der Waals surface area (Å²) in [5.41, 5.74) is 6.12. The van der Waals surface area contributed by atoms with Crippen LogP contribution in [0.1, 0.15) is 66.4 Å². The molecular formula is C25H33N3O2S. The maximum absolute atomic E-state index is 12.4. The van der Waals surface area contributed by atoms with Crippen molar-refractivity contribution in [1.29, 1.82) is 0 Å². The summed E-state index contributed by atoms with van der Waals surface area (Å²) in [5.74, 6) is -0.299. The number of carbonyl (C=O) groups is 1. The Morgan fingerprint density at radius 1 is 1.19 bits per heavy atom. The quantitative estimate of drug-likeness (QED) is 0.233. The van der Waals surface area contributed by atoms with Gasteiger partial charge in [0.2, 0.25) is 0 Å². The Kier molecular flexibility index (Phi) is 9.79. The second-order valence-corrected chi connectivity index (χ2v) is 8.68. The number of esters is 1. The van der Waals surface area contributed by atoms with Crippen molar-refractivity contribution in [3.05, 3.63) is 70.1 Å². The molecule has 0 aromatic carbocycles. The van der Waals surface area contributed by atoms with Crippen molar-refractivity contribution in [2.75, 3.05) is 6.61 Å². The van der Waals surface area contributed by atoms with E-state index in [1.54, 1.807) is 17.6 Å². The highest BCUT2D eigenvalue weighted by Gasteiger charge is 2.14. The standard InChI is InChI=1S/C25H33N3O2S/c1-7-20(5)23(22-16-27-28-14-9-13-26-24(22)28)31-17-21(6)25(29)30-15-12-19(4)11-8-10-18(2)3/h9-10,12-14,16-17H,7-8,11,15H2,1-6H3/b19-12+,21-17+,23-20-. The van der Waals surface area contributed by atoms with Gasteiger partial charge >= 0.3 is 5.97 Å². The normalized spacial score (nSPS) is 13.2. The van der Waals surface area contributed by atoms with Crippen LogP contribution in [0.5, 0.6) is 0 Å². The summed E-state index contributed by atoms with van der Waals surface area (Å²) in [6.07, 6.45) is 12.6. The van der Waals surface area contributed by atoms with Gasteiger partial charge in [-0.25, -0.2) is 14.3 Å². The topological polar surface area (TPSA) is 56.5 Å². The van der Waals surface area contributed by atoms with Crippen LogP contribution in [-0.4, -0.2) is 27.2 Å². The highest BCUT2D eigenvalue weighted by molar-refractivity contribution is 8.11. The van der Waals surface area contributed by atoms with E-state index in [0.29, 0.717) is 12.2 Å². The molecular weight excluding hydrogens is 406 g/mol. The number of nitrogens with zero attached hydrogens (tertiary/aromatic N) is 3. The van der Waals surface area contributed by atoms with Crippen molar-refractivity contribution in [3.8, 4) is 0 Å². The summed E-state index contributed by atoms with van der Waals surface area (Å²) in [6, 6.07) is 1.85. The van der Waals surface area contributed by atoms with E-state index in [4.69, 9.17) is 4.74 Å². The first kappa shape index (κ1) is 24.7. The lowest BCUT2D eigenvalue weighted by Gasteiger charge is -2.08. The number of hydrogen-bond donors (Lipinski definition) is 0. The predicted octanol–water partition coefficient (Wildman–Crippen LogP) is 6.74. The molecule has 166 valence electrons. The summed E-state index contributed by atoms with van der Waals surface area (Å²) < 4.78 is 7.18. The van der Waals surface area contributed by atoms with Crippen LogP contribution in [0.2, 0.25) is 0 Å². The van der Waals surface area contributed by atoms with Crippen molar-refractivity contribution in [1.82, 2.24) is 14.6 Å². The first-order valence-electron chi connectivity index (χ1n) is 10.6. The summed E-state index contributed by atoms with van der Waals surface area (Å²) in [6.45, 7) is 12.6. The third kappa shape index (κ3) is 7.55. The molecule has 0 aliphatic rings. The maximum Gasteiger partial charge on any atom is 0.334 e. The second kappa shape index (κ2) is 12.3. The van der Waals surface area contributed by atoms with Gasteiger partial charge in [0.25, 0.3) is 0 Å². The zero-order valence-corrected chi connectivity index (χ0v) is 20.3. The Morgan fingerprint density at radius 2 is 1.97 bits per heavy atom. The molecule has 0 aliphatic heterocycles. The lowest BCUT2D eigenvalue weighted by atomic mass is 10.1. The van der Waals surface area contributed by atoms with Gasteiger partial charge in [-0.1, -0.05) is 41.5 Å². The molecule has 0 saturated carbocycles. The van der Waals surface area contributed by atoms with Crippen molar-refractivity contribution in [2.24, 2.45) is 0 Å². The molecule has 5 nitrogen and oxygen atoms in total. The predicted molar refractivity (Wildman–Crippen MR) is 131 cm³/mol. The third-order valence-electron chi connectivity index (χ3n) is 4.85. The van der Waals surface area contributed by atoms with E-state index in [1.807, 2.05) is 29.9 Å². The zero-order valence-electron chi connectivity index (χ0n) is 19.4. The molecule has 6 heteroatoms. The number of fused-ring (bicyclic) bond motifs is 1. The fraction of sp³-hybridized carbons (Fsp3) is 0.400. The van der Waals surface area contributed by atoms with E-state index >= 15 is 0 Å². The van der Waals surface area contributed by atoms with E-state index in [0.717, 1.165) is 35.4 Å². The van der Waals surface area contributed by atoms with Gasteiger partial charge in [-0.2, -0.15) is 5.10 Å². The Morgan fingerprint density at radius 3 is 2.68 bits per heavy atom. The highest BCUT2D eigenvalue weighted by atomic mass is 32.2.